The van der Waals surface area contributed by atoms with Gasteiger partial charge in [0, 0.05) is 43.8 Å². The summed E-state index contributed by atoms with van der Waals surface area (Å²) in [4.78, 5) is 0. The van der Waals surface area contributed by atoms with Crippen molar-refractivity contribution < 1.29 is 9.47 Å². The summed E-state index contributed by atoms with van der Waals surface area (Å²) in [5, 5.41) is 9.77. The van der Waals surface area contributed by atoms with Gasteiger partial charge in [0.05, 0.1) is 18.3 Å². The number of hydrogen-bond donors (Lipinski definition) is 1. The Bertz CT molecular complexity index is 649. The fourth-order valence-corrected chi connectivity index (χ4v) is 2.99. The van der Waals surface area contributed by atoms with Gasteiger partial charge in [-0.15, -0.1) is 0 Å². The summed E-state index contributed by atoms with van der Waals surface area (Å²) in [6, 6.07) is 7.19. The topological polar surface area (TPSA) is 48.3 Å². The fourth-order valence-electron chi connectivity index (χ4n) is 2.99. The lowest BCUT2D eigenvalue weighted by Gasteiger charge is -2.10. The Balaban J connectivity index is 1.86. The van der Waals surface area contributed by atoms with Gasteiger partial charge in [0.1, 0.15) is 5.75 Å². The van der Waals surface area contributed by atoms with Crippen molar-refractivity contribution in [1.29, 1.82) is 0 Å². The van der Waals surface area contributed by atoms with Gasteiger partial charge in [-0.3, -0.25) is 4.68 Å². The van der Waals surface area contributed by atoms with E-state index in [1.807, 2.05) is 6.07 Å². The highest BCUT2D eigenvalue weighted by Crippen LogP contribution is 2.30. The molecule has 1 unspecified atom stereocenters. The first-order valence-electron chi connectivity index (χ1n) is 8.52. The van der Waals surface area contributed by atoms with Crippen LogP contribution >= 0.6 is 0 Å². The molecule has 0 saturated heterocycles. The fraction of sp³-hybridized carbons (Fsp3) is 0.611. The Morgan fingerprint density at radius 1 is 1.30 bits per heavy atom. The number of hydrogen-bond acceptors (Lipinski definition) is 4. The molecule has 1 aromatic carbocycles. The quantitative estimate of drug-likeness (QED) is 0.721. The number of fused-ring (bicyclic) bond motifs is 1. The van der Waals surface area contributed by atoms with Gasteiger partial charge in [-0.05, 0) is 44.7 Å². The molecule has 126 valence electrons. The molecular formula is C18H27N3O2. The highest BCUT2D eigenvalue weighted by atomic mass is 16.5. The van der Waals surface area contributed by atoms with Crippen LogP contribution in [-0.4, -0.2) is 36.6 Å². The van der Waals surface area contributed by atoms with Crippen LogP contribution in [0.2, 0.25) is 0 Å². The van der Waals surface area contributed by atoms with Crippen LogP contribution < -0.4 is 10.1 Å². The van der Waals surface area contributed by atoms with Crippen LogP contribution in [0.1, 0.15) is 44.3 Å². The average Bonchev–Trinajstić information content (AvgIpc) is 3.30. The molecule has 0 radical (unpaired) electrons. The van der Waals surface area contributed by atoms with E-state index in [0.29, 0.717) is 6.04 Å². The molecule has 1 saturated carbocycles. The highest BCUT2D eigenvalue weighted by Gasteiger charge is 2.25. The minimum atomic E-state index is 0.277. The summed E-state index contributed by atoms with van der Waals surface area (Å²) >= 11 is 0. The van der Waals surface area contributed by atoms with Gasteiger partial charge in [-0.1, -0.05) is 0 Å². The molecular weight excluding hydrogens is 290 g/mol. The van der Waals surface area contributed by atoms with Crippen LogP contribution in [0.3, 0.4) is 0 Å². The molecule has 2 aromatic rings. The zero-order chi connectivity index (χ0) is 16.2. The molecule has 1 aliphatic carbocycles. The minimum absolute atomic E-state index is 0.277. The molecule has 1 N–H and O–H groups in total. The van der Waals surface area contributed by atoms with Crippen LogP contribution in [0, 0.1) is 0 Å². The normalized spacial score (nSPS) is 16.0. The third kappa shape index (κ3) is 3.85. The Hall–Kier alpha value is -1.59. The molecule has 0 bridgehead atoms. The molecule has 1 aliphatic rings. The summed E-state index contributed by atoms with van der Waals surface area (Å²) in [5.74, 6) is 0.880. The van der Waals surface area contributed by atoms with Crippen molar-refractivity contribution in [2.75, 3.05) is 20.8 Å². The lowest BCUT2D eigenvalue weighted by atomic mass is 10.1. The standard InChI is InChI=1S/C18H27N3O2/c1-13(19-14-6-7-14)18-16-9-8-15(23-3)12-17(16)21(20-18)10-4-5-11-22-2/h8-9,12-14,19H,4-7,10-11H2,1-3H3. The lowest BCUT2D eigenvalue weighted by Crippen LogP contribution is -2.21. The van der Waals surface area contributed by atoms with E-state index in [1.54, 1.807) is 14.2 Å². The molecule has 1 fully saturated rings. The Morgan fingerprint density at radius 3 is 2.83 bits per heavy atom. The van der Waals surface area contributed by atoms with Crippen molar-refractivity contribution in [3.63, 3.8) is 0 Å². The van der Waals surface area contributed by atoms with Gasteiger partial charge < -0.3 is 14.8 Å². The van der Waals surface area contributed by atoms with Crippen molar-refractivity contribution in [3.8, 4) is 5.75 Å². The van der Waals surface area contributed by atoms with Crippen LogP contribution in [0.5, 0.6) is 5.75 Å². The molecule has 3 rings (SSSR count). The average molecular weight is 317 g/mol. The minimum Gasteiger partial charge on any atom is -0.497 e. The van der Waals surface area contributed by atoms with Gasteiger partial charge in [0.15, 0.2) is 0 Å². The molecule has 1 aromatic heterocycles. The summed E-state index contributed by atoms with van der Waals surface area (Å²) < 4.78 is 12.6. The number of methoxy groups -OCH3 is 2. The number of nitrogens with one attached hydrogen (secondary N) is 1. The van der Waals surface area contributed by atoms with Crippen molar-refractivity contribution in [3.05, 3.63) is 23.9 Å². The molecule has 5 nitrogen and oxygen atoms in total. The van der Waals surface area contributed by atoms with E-state index in [4.69, 9.17) is 14.6 Å². The van der Waals surface area contributed by atoms with Gasteiger partial charge >= 0.3 is 0 Å². The monoisotopic (exact) mass is 317 g/mol. The number of rotatable bonds is 9. The van der Waals surface area contributed by atoms with E-state index in [-0.39, 0.29) is 6.04 Å². The smallest absolute Gasteiger partial charge is 0.121 e. The first-order chi connectivity index (χ1) is 11.2. The summed E-state index contributed by atoms with van der Waals surface area (Å²) in [6.45, 7) is 3.91. The van der Waals surface area contributed by atoms with Crippen LogP contribution in [-0.2, 0) is 11.3 Å². The van der Waals surface area contributed by atoms with Gasteiger partial charge in [0.2, 0.25) is 0 Å². The van der Waals surface area contributed by atoms with E-state index in [1.165, 1.54) is 18.2 Å². The molecule has 23 heavy (non-hydrogen) atoms. The predicted octanol–water partition coefficient (Wildman–Crippen LogP) is 3.28. The SMILES string of the molecule is COCCCCn1nc(C(C)NC2CC2)c2ccc(OC)cc21. The second-order valence-electron chi connectivity index (χ2n) is 6.35. The molecule has 0 aliphatic heterocycles. The van der Waals surface area contributed by atoms with Gasteiger partial charge in [-0.2, -0.15) is 5.10 Å². The number of aryl methyl sites for hydroxylation is 1. The van der Waals surface area contributed by atoms with Gasteiger partial charge in [0.25, 0.3) is 0 Å². The number of ether oxygens (including phenoxy) is 2. The van der Waals surface area contributed by atoms with Crippen molar-refractivity contribution in [2.45, 2.75) is 51.2 Å². The number of benzene rings is 1. The maximum absolute atomic E-state index is 5.39. The largest absolute Gasteiger partial charge is 0.497 e. The number of unbranched alkanes of at least 4 members (excludes halogenated alkanes) is 1. The Labute approximate surface area is 138 Å². The molecule has 1 atom stereocenters. The second kappa shape index (κ2) is 7.32. The molecule has 5 heteroatoms. The van der Waals surface area contributed by atoms with E-state index >= 15 is 0 Å². The Morgan fingerprint density at radius 2 is 2.13 bits per heavy atom. The van der Waals surface area contributed by atoms with Crippen molar-refractivity contribution >= 4 is 10.9 Å². The third-order valence-corrected chi connectivity index (χ3v) is 4.43. The Kier molecular flexibility index (Phi) is 5.18. The van der Waals surface area contributed by atoms with Crippen molar-refractivity contribution in [2.24, 2.45) is 0 Å². The van der Waals surface area contributed by atoms with Crippen LogP contribution in [0.4, 0.5) is 0 Å². The first-order valence-corrected chi connectivity index (χ1v) is 8.52. The van der Waals surface area contributed by atoms with Crippen LogP contribution in [0.15, 0.2) is 18.2 Å². The van der Waals surface area contributed by atoms with E-state index in [0.717, 1.165) is 43.0 Å². The molecule has 0 amide bonds. The lowest BCUT2D eigenvalue weighted by molar-refractivity contribution is 0.191. The first kappa shape index (κ1) is 16.3. The second-order valence-corrected chi connectivity index (χ2v) is 6.35. The van der Waals surface area contributed by atoms with E-state index in [2.05, 4.69) is 29.1 Å². The maximum atomic E-state index is 5.39. The number of nitrogens with zero attached hydrogens (tertiary/aromatic N) is 2. The highest BCUT2D eigenvalue weighted by molar-refractivity contribution is 5.83. The maximum Gasteiger partial charge on any atom is 0.121 e. The van der Waals surface area contributed by atoms with Crippen LogP contribution in [0.25, 0.3) is 10.9 Å². The zero-order valence-corrected chi connectivity index (χ0v) is 14.3. The molecule has 1 heterocycles. The summed E-state index contributed by atoms with van der Waals surface area (Å²) in [6.07, 6.45) is 4.68. The molecule has 0 spiro atoms. The summed E-state index contributed by atoms with van der Waals surface area (Å²) in [7, 11) is 3.45. The number of aromatic nitrogens is 2. The zero-order valence-electron chi connectivity index (χ0n) is 14.3. The third-order valence-electron chi connectivity index (χ3n) is 4.43. The van der Waals surface area contributed by atoms with Gasteiger partial charge in [-0.25, -0.2) is 0 Å². The van der Waals surface area contributed by atoms with Crippen molar-refractivity contribution in [1.82, 2.24) is 15.1 Å². The van der Waals surface area contributed by atoms with E-state index < -0.39 is 0 Å². The van der Waals surface area contributed by atoms with E-state index in [9.17, 15) is 0 Å². The summed E-state index contributed by atoms with van der Waals surface area (Å²) in [5.41, 5.74) is 2.29. The predicted molar refractivity (Wildman–Crippen MR) is 92.0 cm³/mol.